The molecule has 0 fully saturated rings. The van der Waals surface area contributed by atoms with E-state index in [1.54, 1.807) is 24.8 Å². The zero-order valence-electron chi connectivity index (χ0n) is 12.3. The van der Waals surface area contributed by atoms with Crippen LogP contribution in [0.15, 0.2) is 47.4 Å². The molecule has 4 heteroatoms. The van der Waals surface area contributed by atoms with Gasteiger partial charge in [0.05, 0.1) is 12.2 Å². The summed E-state index contributed by atoms with van der Waals surface area (Å²) in [7, 11) is 0. The molecule has 0 aromatic heterocycles. The third-order valence-electron chi connectivity index (χ3n) is 3.15. The Morgan fingerprint density at radius 3 is 2.71 bits per heavy atom. The van der Waals surface area contributed by atoms with Crippen molar-refractivity contribution in [2.45, 2.75) is 18.7 Å². The molecule has 2 N–H and O–H groups in total. The maximum atomic E-state index is 11.5. The van der Waals surface area contributed by atoms with Crippen molar-refractivity contribution in [1.29, 1.82) is 0 Å². The fraction of sp³-hybridized carbons (Fsp3) is 0.235. The SMILES string of the molecule is CC(=O)c1ccccc1OCCSc1cccc(C)c1N. The molecule has 0 spiro atoms. The van der Waals surface area contributed by atoms with E-state index in [2.05, 4.69) is 0 Å². The standard InChI is InChI=1S/C17H19NO2S/c1-12-6-5-9-16(17(12)18)21-11-10-20-15-8-4-3-7-14(15)13(2)19/h3-9H,10-11,18H2,1-2H3. The molecular formula is C17H19NO2S. The lowest BCUT2D eigenvalue weighted by Gasteiger charge is -2.10. The van der Waals surface area contributed by atoms with Crippen LogP contribution in [0, 0.1) is 6.92 Å². The van der Waals surface area contributed by atoms with Crippen molar-refractivity contribution in [2.75, 3.05) is 18.1 Å². The minimum Gasteiger partial charge on any atom is -0.492 e. The number of ether oxygens (including phenoxy) is 1. The number of hydrogen-bond acceptors (Lipinski definition) is 4. The molecule has 0 amide bonds. The van der Waals surface area contributed by atoms with E-state index in [-0.39, 0.29) is 5.78 Å². The number of thioether (sulfide) groups is 1. The molecule has 2 rings (SSSR count). The molecule has 0 bridgehead atoms. The number of para-hydroxylation sites is 2. The van der Waals surface area contributed by atoms with Crippen LogP contribution >= 0.6 is 11.8 Å². The second kappa shape index (κ2) is 7.18. The highest BCUT2D eigenvalue weighted by atomic mass is 32.2. The van der Waals surface area contributed by atoms with Crippen LogP contribution in [0.4, 0.5) is 5.69 Å². The van der Waals surface area contributed by atoms with Crippen LogP contribution in [0.1, 0.15) is 22.8 Å². The van der Waals surface area contributed by atoms with Crippen LogP contribution in [0.3, 0.4) is 0 Å². The molecule has 0 saturated heterocycles. The first kappa shape index (κ1) is 15.4. The van der Waals surface area contributed by atoms with E-state index in [0.717, 1.165) is 21.9 Å². The Morgan fingerprint density at radius 1 is 1.19 bits per heavy atom. The van der Waals surface area contributed by atoms with Gasteiger partial charge in [-0.1, -0.05) is 24.3 Å². The first-order valence-electron chi connectivity index (χ1n) is 6.80. The molecule has 110 valence electrons. The molecular weight excluding hydrogens is 282 g/mol. The maximum absolute atomic E-state index is 11.5. The van der Waals surface area contributed by atoms with Gasteiger partial charge in [-0.25, -0.2) is 0 Å². The second-order valence-electron chi connectivity index (χ2n) is 4.74. The summed E-state index contributed by atoms with van der Waals surface area (Å²) in [5, 5.41) is 0. The van der Waals surface area contributed by atoms with Crippen molar-refractivity contribution in [1.82, 2.24) is 0 Å². The Kier molecular flexibility index (Phi) is 5.28. The summed E-state index contributed by atoms with van der Waals surface area (Å²) in [5.41, 5.74) is 8.57. The van der Waals surface area contributed by atoms with Crippen LogP contribution in [0.25, 0.3) is 0 Å². The third-order valence-corrected chi connectivity index (χ3v) is 4.19. The first-order valence-corrected chi connectivity index (χ1v) is 7.79. The molecule has 21 heavy (non-hydrogen) atoms. The monoisotopic (exact) mass is 301 g/mol. The number of carbonyl (C=O) groups is 1. The molecule has 0 aliphatic heterocycles. The second-order valence-corrected chi connectivity index (χ2v) is 5.87. The van der Waals surface area contributed by atoms with Crippen molar-refractivity contribution < 1.29 is 9.53 Å². The van der Waals surface area contributed by atoms with Gasteiger partial charge < -0.3 is 10.5 Å². The molecule has 0 saturated carbocycles. The van der Waals surface area contributed by atoms with Gasteiger partial charge in [0.15, 0.2) is 5.78 Å². The minimum atomic E-state index is 0.0150. The van der Waals surface area contributed by atoms with Gasteiger partial charge in [-0.2, -0.15) is 0 Å². The Labute approximate surface area is 129 Å². The Hall–Kier alpha value is -1.94. The first-order chi connectivity index (χ1) is 10.1. The van der Waals surface area contributed by atoms with Crippen molar-refractivity contribution in [2.24, 2.45) is 0 Å². The molecule has 0 aliphatic rings. The van der Waals surface area contributed by atoms with Gasteiger partial charge >= 0.3 is 0 Å². The highest BCUT2D eigenvalue weighted by molar-refractivity contribution is 7.99. The van der Waals surface area contributed by atoms with Gasteiger partial charge in [-0.05, 0) is 37.6 Å². The topological polar surface area (TPSA) is 52.3 Å². The van der Waals surface area contributed by atoms with Gasteiger partial charge in [0.25, 0.3) is 0 Å². The summed E-state index contributed by atoms with van der Waals surface area (Å²) in [5.74, 6) is 1.43. The number of carbonyl (C=O) groups excluding carboxylic acids is 1. The molecule has 2 aromatic carbocycles. The Morgan fingerprint density at radius 2 is 1.95 bits per heavy atom. The summed E-state index contributed by atoms with van der Waals surface area (Å²) in [6, 6.07) is 13.3. The van der Waals surface area contributed by atoms with Crippen molar-refractivity contribution in [3.63, 3.8) is 0 Å². The fourth-order valence-corrected chi connectivity index (χ4v) is 2.84. The summed E-state index contributed by atoms with van der Waals surface area (Å²) >= 11 is 1.66. The van der Waals surface area contributed by atoms with Gasteiger partial charge in [0.2, 0.25) is 0 Å². The number of hydrogen-bond donors (Lipinski definition) is 1. The number of nitrogen functional groups attached to an aromatic ring is 1. The summed E-state index contributed by atoms with van der Waals surface area (Å²) in [6.45, 7) is 4.08. The number of nitrogens with two attached hydrogens (primary N) is 1. The third kappa shape index (κ3) is 4.02. The largest absolute Gasteiger partial charge is 0.492 e. The van der Waals surface area contributed by atoms with Gasteiger partial charge in [0.1, 0.15) is 5.75 Å². The maximum Gasteiger partial charge on any atom is 0.163 e. The zero-order valence-corrected chi connectivity index (χ0v) is 13.1. The van der Waals surface area contributed by atoms with Crippen LogP contribution in [0.2, 0.25) is 0 Å². The molecule has 0 unspecified atom stereocenters. The molecule has 0 radical (unpaired) electrons. The number of aryl methyl sites for hydroxylation is 1. The predicted octanol–water partition coefficient (Wildman–Crippen LogP) is 3.95. The van der Waals surface area contributed by atoms with Crippen molar-refractivity contribution in [3.05, 3.63) is 53.6 Å². The summed E-state index contributed by atoms with van der Waals surface area (Å²) < 4.78 is 5.71. The van der Waals surface area contributed by atoms with Gasteiger partial charge in [-0.3, -0.25) is 4.79 Å². The number of Topliss-reactive ketones (excluding diaryl/α,β-unsaturated/α-hetero) is 1. The molecule has 0 heterocycles. The summed E-state index contributed by atoms with van der Waals surface area (Å²) in [6.07, 6.45) is 0. The van der Waals surface area contributed by atoms with Gasteiger partial charge in [-0.15, -0.1) is 11.8 Å². The highest BCUT2D eigenvalue weighted by Crippen LogP contribution is 2.27. The van der Waals surface area contributed by atoms with Crippen LogP contribution < -0.4 is 10.5 Å². The van der Waals surface area contributed by atoms with Crippen LogP contribution in [-0.2, 0) is 0 Å². The molecule has 0 aliphatic carbocycles. The average Bonchev–Trinajstić information content (AvgIpc) is 2.48. The summed E-state index contributed by atoms with van der Waals surface area (Å²) in [4.78, 5) is 12.6. The highest BCUT2D eigenvalue weighted by Gasteiger charge is 2.07. The van der Waals surface area contributed by atoms with E-state index in [1.165, 1.54) is 0 Å². The Bertz CT molecular complexity index is 640. The quantitative estimate of drug-likeness (QED) is 0.380. The lowest BCUT2D eigenvalue weighted by Crippen LogP contribution is -2.05. The average molecular weight is 301 g/mol. The van der Waals surface area contributed by atoms with E-state index >= 15 is 0 Å². The molecule has 3 nitrogen and oxygen atoms in total. The van der Waals surface area contributed by atoms with E-state index < -0.39 is 0 Å². The van der Waals surface area contributed by atoms with E-state index in [1.807, 2.05) is 43.3 Å². The van der Waals surface area contributed by atoms with Crippen molar-refractivity contribution >= 4 is 23.2 Å². The Balaban J connectivity index is 1.91. The van der Waals surface area contributed by atoms with E-state index in [4.69, 9.17) is 10.5 Å². The van der Waals surface area contributed by atoms with Crippen LogP contribution in [-0.4, -0.2) is 18.1 Å². The number of ketones is 1. The molecule has 2 aromatic rings. The minimum absolute atomic E-state index is 0.0150. The zero-order chi connectivity index (χ0) is 15.2. The number of rotatable bonds is 6. The fourth-order valence-electron chi connectivity index (χ4n) is 1.97. The number of benzene rings is 2. The van der Waals surface area contributed by atoms with E-state index in [9.17, 15) is 4.79 Å². The van der Waals surface area contributed by atoms with Gasteiger partial charge in [0, 0.05) is 16.3 Å². The smallest absolute Gasteiger partial charge is 0.163 e. The predicted molar refractivity (Wildman–Crippen MR) is 88.3 cm³/mol. The lowest BCUT2D eigenvalue weighted by molar-refractivity contribution is 0.101. The lowest BCUT2D eigenvalue weighted by atomic mass is 10.1. The number of anilines is 1. The van der Waals surface area contributed by atoms with Crippen LogP contribution in [0.5, 0.6) is 5.75 Å². The normalized spacial score (nSPS) is 10.4. The van der Waals surface area contributed by atoms with Crippen molar-refractivity contribution in [3.8, 4) is 5.75 Å². The van der Waals surface area contributed by atoms with E-state index in [0.29, 0.717) is 17.9 Å². The molecule has 0 atom stereocenters.